The smallest absolute Gasteiger partial charge is 0.0545 e. The number of aliphatic hydroxyl groups is 1. The predicted molar refractivity (Wildman–Crippen MR) is 87.0 cm³/mol. The van der Waals surface area contributed by atoms with Crippen LogP contribution in [0.2, 0.25) is 0 Å². The zero-order valence-corrected chi connectivity index (χ0v) is 14.3. The molecule has 0 spiro atoms. The molecule has 4 aliphatic rings. The minimum absolute atomic E-state index is 0.0278. The molecule has 4 rings (SSSR count). The number of aliphatic hydroxyl groups excluding tert-OH is 1. The fourth-order valence-electron chi connectivity index (χ4n) is 7.60. The highest BCUT2D eigenvalue weighted by molar-refractivity contribution is 5.11. The Morgan fingerprint density at radius 1 is 0.810 bits per heavy atom. The van der Waals surface area contributed by atoms with Gasteiger partial charge in [0.25, 0.3) is 0 Å². The highest BCUT2D eigenvalue weighted by atomic mass is 16.3. The van der Waals surface area contributed by atoms with Gasteiger partial charge in [0.2, 0.25) is 0 Å². The average Bonchev–Trinajstić information content (AvgIpc) is 2.82. The first kappa shape index (κ1) is 14.5. The number of hydrogen-bond acceptors (Lipinski definition) is 1. The van der Waals surface area contributed by atoms with E-state index in [-0.39, 0.29) is 6.10 Å². The Morgan fingerprint density at radius 2 is 1.62 bits per heavy atom. The highest BCUT2D eigenvalue weighted by Crippen LogP contribution is 2.69. The molecule has 4 fully saturated rings. The second kappa shape index (κ2) is 4.49. The Bertz CT molecular complexity index is 432. The zero-order valence-electron chi connectivity index (χ0n) is 14.3. The topological polar surface area (TPSA) is 20.2 Å². The summed E-state index contributed by atoms with van der Waals surface area (Å²) < 4.78 is 0. The molecular weight excluding hydrogens is 256 g/mol. The minimum atomic E-state index is -0.0278. The lowest BCUT2D eigenvalue weighted by molar-refractivity contribution is -0.166. The van der Waals surface area contributed by atoms with Crippen LogP contribution in [0.4, 0.5) is 0 Å². The van der Waals surface area contributed by atoms with Crippen LogP contribution in [-0.2, 0) is 0 Å². The number of rotatable bonds is 0. The van der Waals surface area contributed by atoms with E-state index in [1.54, 1.807) is 0 Å². The third kappa shape index (κ3) is 1.85. The largest absolute Gasteiger partial charge is 0.393 e. The summed E-state index contributed by atoms with van der Waals surface area (Å²) in [7, 11) is 0. The molecule has 0 aromatic heterocycles. The Hall–Kier alpha value is -0.0400. The summed E-state index contributed by atoms with van der Waals surface area (Å²) >= 11 is 0. The molecule has 0 aromatic carbocycles. The van der Waals surface area contributed by atoms with Crippen molar-refractivity contribution in [3.8, 4) is 0 Å². The predicted octanol–water partition coefficient (Wildman–Crippen LogP) is 5.17. The molecule has 1 N–H and O–H groups in total. The van der Waals surface area contributed by atoms with Crippen LogP contribution in [0.15, 0.2) is 0 Å². The van der Waals surface area contributed by atoms with Crippen LogP contribution >= 0.6 is 0 Å². The van der Waals surface area contributed by atoms with E-state index < -0.39 is 0 Å². The van der Waals surface area contributed by atoms with Gasteiger partial charge in [-0.25, -0.2) is 0 Å². The van der Waals surface area contributed by atoms with Gasteiger partial charge >= 0.3 is 0 Å². The van der Waals surface area contributed by atoms with Gasteiger partial charge in [0.15, 0.2) is 0 Å². The lowest BCUT2D eigenvalue weighted by atomic mass is 9.40. The van der Waals surface area contributed by atoms with Gasteiger partial charge in [-0.3, -0.25) is 0 Å². The molecular formula is C20H34O. The Balaban J connectivity index is 1.67. The van der Waals surface area contributed by atoms with Crippen LogP contribution in [0.5, 0.6) is 0 Å². The van der Waals surface area contributed by atoms with Crippen LogP contribution in [0.1, 0.15) is 85.0 Å². The molecule has 7 atom stereocenters. The second-order valence-electron chi connectivity index (χ2n) is 9.88. The Kier molecular flexibility index (Phi) is 3.11. The van der Waals surface area contributed by atoms with E-state index in [0.29, 0.717) is 16.2 Å². The maximum atomic E-state index is 10.2. The summed E-state index contributed by atoms with van der Waals surface area (Å²) in [6.07, 6.45) is 13.6. The van der Waals surface area contributed by atoms with Gasteiger partial charge in [-0.2, -0.15) is 0 Å². The first-order chi connectivity index (χ1) is 9.88. The van der Waals surface area contributed by atoms with Crippen LogP contribution in [-0.4, -0.2) is 11.2 Å². The molecule has 0 bridgehead atoms. The van der Waals surface area contributed by atoms with Gasteiger partial charge in [-0.15, -0.1) is 0 Å². The van der Waals surface area contributed by atoms with E-state index in [9.17, 15) is 5.11 Å². The van der Waals surface area contributed by atoms with Crippen LogP contribution in [0, 0.1) is 34.0 Å². The Labute approximate surface area is 130 Å². The van der Waals surface area contributed by atoms with Crippen molar-refractivity contribution in [1.29, 1.82) is 0 Å². The van der Waals surface area contributed by atoms with Crippen molar-refractivity contribution in [2.24, 2.45) is 34.0 Å². The van der Waals surface area contributed by atoms with Crippen molar-refractivity contribution in [2.45, 2.75) is 91.1 Å². The van der Waals surface area contributed by atoms with E-state index >= 15 is 0 Å². The number of hydrogen-bond donors (Lipinski definition) is 1. The first-order valence-corrected chi connectivity index (χ1v) is 9.56. The molecule has 0 amide bonds. The highest BCUT2D eigenvalue weighted by Gasteiger charge is 2.61. The molecule has 4 saturated carbocycles. The first-order valence-electron chi connectivity index (χ1n) is 9.56. The van der Waals surface area contributed by atoms with Crippen molar-refractivity contribution in [1.82, 2.24) is 0 Å². The molecule has 0 aromatic rings. The fraction of sp³-hybridized carbons (Fsp3) is 1.00. The summed E-state index contributed by atoms with van der Waals surface area (Å²) in [5.74, 6) is 2.96. The maximum Gasteiger partial charge on any atom is 0.0545 e. The fourth-order valence-corrected chi connectivity index (χ4v) is 7.60. The van der Waals surface area contributed by atoms with E-state index in [1.807, 2.05) is 0 Å². The molecule has 0 aliphatic heterocycles. The molecule has 21 heavy (non-hydrogen) atoms. The summed E-state index contributed by atoms with van der Waals surface area (Å²) in [4.78, 5) is 0. The van der Waals surface area contributed by atoms with Crippen molar-refractivity contribution in [2.75, 3.05) is 0 Å². The molecule has 120 valence electrons. The molecule has 1 heteroatoms. The van der Waals surface area contributed by atoms with Crippen molar-refractivity contribution >= 4 is 0 Å². The number of fused-ring (bicyclic) bond motifs is 5. The van der Waals surface area contributed by atoms with Crippen LogP contribution in [0.25, 0.3) is 0 Å². The summed E-state index contributed by atoms with van der Waals surface area (Å²) in [6.45, 7) is 7.71. The summed E-state index contributed by atoms with van der Waals surface area (Å²) in [5.41, 5.74) is 1.58. The van der Waals surface area contributed by atoms with E-state index in [1.165, 1.54) is 51.4 Å². The van der Waals surface area contributed by atoms with E-state index in [0.717, 1.165) is 30.6 Å². The molecule has 4 aliphatic carbocycles. The van der Waals surface area contributed by atoms with Gasteiger partial charge in [0, 0.05) is 0 Å². The SMILES string of the molecule is C[C@@]12CCC[C@H]1[C@@H]1CC[C@@]3(C)C[C@H](O)CC[C@]3(C)[C@H]1CC2. The normalized spacial score (nSPS) is 60.0. The third-order valence-corrected chi connectivity index (χ3v) is 9.13. The van der Waals surface area contributed by atoms with Crippen molar-refractivity contribution in [3.63, 3.8) is 0 Å². The van der Waals surface area contributed by atoms with Crippen molar-refractivity contribution in [3.05, 3.63) is 0 Å². The molecule has 0 saturated heterocycles. The van der Waals surface area contributed by atoms with E-state index in [2.05, 4.69) is 20.8 Å². The second-order valence-corrected chi connectivity index (χ2v) is 9.88. The van der Waals surface area contributed by atoms with E-state index in [4.69, 9.17) is 0 Å². The van der Waals surface area contributed by atoms with Crippen LogP contribution in [0.3, 0.4) is 0 Å². The van der Waals surface area contributed by atoms with Crippen molar-refractivity contribution < 1.29 is 5.11 Å². The van der Waals surface area contributed by atoms with Gasteiger partial charge < -0.3 is 5.11 Å². The van der Waals surface area contributed by atoms with Gasteiger partial charge in [0.1, 0.15) is 0 Å². The third-order valence-electron chi connectivity index (χ3n) is 9.13. The average molecular weight is 290 g/mol. The molecule has 1 nitrogen and oxygen atoms in total. The lowest BCUT2D eigenvalue weighted by Gasteiger charge is -2.64. The summed E-state index contributed by atoms with van der Waals surface area (Å²) in [6, 6.07) is 0. The zero-order chi connectivity index (χ0) is 14.9. The van der Waals surface area contributed by atoms with Gasteiger partial charge in [-0.1, -0.05) is 27.2 Å². The quantitative estimate of drug-likeness (QED) is 0.652. The molecule has 0 unspecified atom stereocenters. The monoisotopic (exact) mass is 290 g/mol. The standard InChI is InChI=1S/C20H34O/c1-18-9-4-5-16(18)15-7-11-19(2)13-14(21)6-12-20(19,3)17(15)8-10-18/h14-17,21H,4-13H2,1-3H3/t14-,15+,16+,17+,18+,19+,20-/m1/s1. The minimum Gasteiger partial charge on any atom is -0.393 e. The maximum absolute atomic E-state index is 10.2. The van der Waals surface area contributed by atoms with Gasteiger partial charge in [-0.05, 0) is 91.8 Å². The lowest BCUT2D eigenvalue weighted by Crippen LogP contribution is -2.57. The van der Waals surface area contributed by atoms with Crippen LogP contribution < -0.4 is 0 Å². The Morgan fingerprint density at radius 3 is 2.43 bits per heavy atom. The van der Waals surface area contributed by atoms with Gasteiger partial charge in [0.05, 0.1) is 6.10 Å². The summed E-state index contributed by atoms with van der Waals surface area (Å²) in [5, 5.41) is 10.2. The molecule has 0 heterocycles. The molecule has 0 radical (unpaired) electrons.